The molecular weight excluding hydrogens is 294 g/mol. The highest BCUT2D eigenvalue weighted by atomic mass is 32.1. The summed E-state index contributed by atoms with van der Waals surface area (Å²) < 4.78 is 0. The minimum Gasteiger partial charge on any atom is -0.341 e. The molecule has 1 saturated carbocycles. The van der Waals surface area contributed by atoms with E-state index < -0.39 is 0 Å². The van der Waals surface area contributed by atoms with Crippen molar-refractivity contribution < 1.29 is 4.79 Å². The third-order valence-corrected chi connectivity index (χ3v) is 5.98. The minimum absolute atomic E-state index is 0.225. The third kappa shape index (κ3) is 2.47. The number of imidazole rings is 1. The van der Waals surface area contributed by atoms with E-state index in [-0.39, 0.29) is 5.92 Å². The second kappa shape index (κ2) is 5.54. The molecule has 3 heterocycles. The standard InChI is InChI=1S/C17H21N3OS/c1-11-6-15(22-10-11)14-8-18-17(19-14)12-7-16(21)20(9-12)13-4-2-3-5-13/h6,8,10,12-13H,2-5,7,9H2,1H3,(H,18,19)/t12-/m0/s1. The number of thiophene rings is 1. The lowest BCUT2D eigenvalue weighted by Crippen LogP contribution is -2.34. The number of hydrogen-bond donors (Lipinski definition) is 1. The van der Waals surface area contributed by atoms with Crippen molar-refractivity contribution in [2.24, 2.45) is 0 Å². The molecular formula is C17H21N3OS. The first-order valence-corrected chi connectivity index (χ1v) is 8.98. The molecule has 1 N–H and O–H groups in total. The lowest BCUT2D eigenvalue weighted by atomic mass is 10.1. The average molecular weight is 315 g/mol. The highest BCUT2D eigenvalue weighted by Crippen LogP contribution is 2.34. The van der Waals surface area contributed by atoms with E-state index in [0.717, 1.165) is 18.1 Å². The number of nitrogens with zero attached hydrogens (tertiary/aromatic N) is 2. The Labute approximate surface area is 134 Å². The highest BCUT2D eigenvalue weighted by molar-refractivity contribution is 7.13. The number of likely N-dealkylation sites (tertiary alicyclic amines) is 1. The zero-order valence-electron chi connectivity index (χ0n) is 12.8. The number of nitrogens with one attached hydrogen (secondary N) is 1. The van der Waals surface area contributed by atoms with Crippen LogP contribution in [0.15, 0.2) is 17.6 Å². The van der Waals surface area contributed by atoms with Gasteiger partial charge in [0.25, 0.3) is 0 Å². The van der Waals surface area contributed by atoms with Crippen LogP contribution in [0.5, 0.6) is 0 Å². The van der Waals surface area contributed by atoms with Gasteiger partial charge in [0, 0.05) is 24.9 Å². The first-order valence-electron chi connectivity index (χ1n) is 8.10. The van der Waals surface area contributed by atoms with Crippen molar-refractivity contribution in [1.82, 2.24) is 14.9 Å². The number of aryl methyl sites for hydroxylation is 1. The lowest BCUT2D eigenvalue weighted by Gasteiger charge is -2.23. The molecule has 1 saturated heterocycles. The van der Waals surface area contributed by atoms with E-state index in [0.29, 0.717) is 18.4 Å². The number of carbonyl (C=O) groups excluding carboxylic acids is 1. The number of carbonyl (C=O) groups is 1. The summed E-state index contributed by atoms with van der Waals surface area (Å²) in [6.45, 7) is 2.94. The Morgan fingerprint density at radius 1 is 1.36 bits per heavy atom. The van der Waals surface area contributed by atoms with Crippen molar-refractivity contribution in [1.29, 1.82) is 0 Å². The molecule has 1 amide bonds. The number of amides is 1. The summed E-state index contributed by atoms with van der Waals surface area (Å²) in [7, 11) is 0. The summed E-state index contributed by atoms with van der Waals surface area (Å²) in [6, 6.07) is 2.65. The van der Waals surface area contributed by atoms with Crippen LogP contribution in [-0.4, -0.2) is 33.4 Å². The highest BCUT2D eigenvalue weighted by Gasteiger charge is 2.37. The Kier molecular flexibility index (Phi) is 3.53. The fourth-order valence-electron chi connectivity index (χ4n) is 3.73. The van der Waals surface area contributed by atoms with Gasteiger partial charge in [0.15, 0.2) is 0 Å². The smallest absolute Gasteiger partial charge is 0.223 e. The normalized spacial score (nSPS) is 22.9. The summed E-state index contributed by atoms with van der Waals surface area (Å²) in [6.07, 6.45) is 7.40. The van der Waals surface area contributed by atoms with Crippen LogP contribution >= 0.6 is 11.3 Å². The second-order valence-electron chi connectivity index (χ2n) is 6.56. The molecule has 1 aliphatic carbocycles. The van der Waals surface area contributed by atoms with Crippen LogP contribution in [0, 0.1) is 6.92 Å². The quantitative estimate of drug-likeness (QED) is 0.938. The molecule has 2 aliphatic rings. The van der Waals surface area contributed by atoms with E-state index in [2.05, 4.69) is 33.2 Å². The van der Waals surface area contributed by atoms with Gasteiger partial charge in [-0.3, -0.25) is 4.79 Å². The number of H-pyrrole nitrogens is 1. The van der Waals surface area contributed by atoms with Gasteiger partial charge < -0.3 is 9.88 Å². The molecule has 22 heavy (non-hydrogen) atoms. The van der Waals surface area contributed by atoms with Gasteiger partial charge >= 0.3 is 0 Å². The summed E-state index contributed by atoms with van der Waals surface area (Å²) in [5, 5.41) is 2.15. The molecule has 2 aromatic heterocycles. The van der Waals surface area contributed by atoms with Crippen molar-refractivity contribution in [3.05, 3.63) is 29.0 Å². The van der Waals surface area contributed by atoms with Gasteiger partial charge in [0.1, 0.15) is 5.82 Å². The van der Waals surface area contributed by atoms with E-state index in [1.54, 1.807) is 11.3 Å². The molecule has 116 valence electrons. The van der Waals surface area contributed by atoms with Crippen LogP contribution in [-0.2, 0) is 4.79 Å². The molecule has 0 bridgehead atoms. The third-order valence-electron chi connectivity index (χ3n) is 4.90. The number of aromatic nitrogens is 2. The predicted octanol–water partition coefficient (Wildman–Crippen LogP) is 3.71. The Hall–Kier alpha value is -1.62. The minimum atomic E-state index is 0.225. The van der Waals surface area contributed by atoms with Gasteiger partial charge in [-0.05, 0) is 36.8 Å². The van der Waals surface area contributed by atoms with Crippen LogP contribution in [0.25, 0.3) is 10.6 Å². The zero-order valence-corrected chi connectivity index (χ0v) is 13.7. The van der Waals surface area contributed by atoms with Crippen molar-refractivity contribution in [3.8, 4) is 10.6 Å². The van der Waals surface area contributed by atoms with Gasteiger partial charge in [-0.15, -0.1) is 11.3 Å². The van der Waals surface area contributed by atoms with Crippen molar-refractivity contribution in [2.45, 2.75) is 51.0 Å². The zero-order chi connectivity index (χ0) is 15.1. The van der Waals surface area contributed by atoms with Crippen molar-refractivity contribution in [2.75, 3.05) is 6.54 Å². The van der Waals surface area contributed by atoms with E-state index in [1.807, 2.05) is 6.20 Å². The van der Waals surface area contributed by atoms with Crippen LogP contribution < -0.4 is 0 Å². The van der Waals surface area contributed by atoms with Crippen molar-refractivity contribution >= 4 is 17.2 Å². The summed E-state index contributed by atoms with van der Waals surface area (Å²) in [4.78, 5) is 23.6. The second-order valence-corrected chi connectivity index (χ2v) is 7.47. The van der Waals surface area contributed by atoms with Crippen LogP contribution in [0.4, 0.5) is 0 Å². The first-order chi connectivity index (χ1) is 10.7. The molecule has 0 spiro atoms. The van der Waals surface area contributed by atoms with E-state index in [1.165, 1.54) is 36.1 Å². The van der Waals surface area contributed by atoms with E-state index >= 15 is 0 Å². The molecule has 2 fully saturated rings. The Balaban J connectivity index is 1.51. The molecule has 0 aromatic carbocycles. The average Bonchev–Trinajstić information content (AvgIpc) is 3.24. The number of hydrogen-bond acceptors (Lipinski definition) is 3. The molecule has 4 rings (SSSR count). The largest absolute Gasteiger partial charge is 0.341 e. The van der Waals surface area contributed by atoms with Crippen LogP contribution in [0.2, 0.25) is 0 Å². The molecule has 1 atom stereocenters. The van der Waals surface area contributed by atoms with E-state index in [4.69, 9.17) is 0 Å². The topological polar surface area (TPSA) is 49.0 Å². The lowest BCUT2D eigenvalue weighted by molar-refractivity contribution is -0.129. The predicted molar refractivity (Wildman–Crippen MR) is 88.0 cm³/mol. The molecule has 0 unspecified atom stereocenters. The molecule has 5 heteroatoms. The van der Waals surface area contributed by atoms with Crippen LogP contribution in [0.3, 0.4) is 0 Å². The fourth-order valence-corrected chi connectivity index (χ4v) is 4.59. The summed E-state index contributed by atoms with van der Waals surface area (Å²) in [5.41, 5.74) is 2.35. The molecule has 2 aromatic rings. The van der Waals surface area contributed by atoms with Gasteiger partial charge in [-0.2, -0.15) is 0 Å². The van der Waals surface area contributed by atoms with Gasteiger partial charge in [0.05, 0.1) is 16.8 Å². The first kappa shape index (κ1) is 14.0. The Bertz CT molecular complexity index is 684. The van der Waals surface area contributed by atoms with Gasteiger partial charge in [-0.1, -0.05) is 12.8 Å². The number of aromatic amines is 1. The van der Waals surface area contributed by atoms with Crippen LogP contribution in [0.1, 0.15) is 49.4 Å². The SMILES string of the molecule is Cc1csc(-c2cnc([C@H]3CC(=O)N(C4CCCC4)C3)[nH]2)c1. The molecule has 4 nitrogen and oxygen atoms in total. The molecule has 1 aliphatic heterocycles. The Morgan fingerprint density at radius 2 is 2.18 bits per heavy atom. The maximum Gasteiger partial charge on any atom is 0.223 e. The summed E-state index contributed by atoms with van der Waals surface area (Å²) >= 11 is 1.73. The van der Waals surface area contributed by atoms with Gasteiger partial charge in [0.2, 0.25) is 5.91 Å². The maximum absolute atomic E-state index is 12.3. The maximum atomic E-state index is 12.3. The van der Waals surface area contributed by atoms with E-state index in [9.17, 15) is 4.79 Å². The summed E-state index contributed by atoms with van der Waals surface area (Å²) in [5.74, 6) is 1.50. The monoisotopic (exact) mass is 315 g/mol. The number of rotatable bonds is 3. The Morgan fingerprint density at radius 3 is 2.91 bits per heavy atom. The molecule has 0 radical (unpaired) electrons. The van der Waals surface area contributed by atoms with Gasteiger partial charge in [-0.25, -0.2) is 4.98 Å². The van der Waals surface area contributed by atoms with Crippen molar-refractivity contribution in [3.63, 3.8) is 0 Å². The fraction of sp³-hybridized carbons (Fsp3) is 0.529.